The highest BCUT2D eigenvalue weighted by molar-refractivity contribution is 5.68. The molecule has 0 atom stereocenters. The SMILES string of the molecule is CC(=O)OC(OC(C)=O)c1ccc(F)cc1F. The van der Waals surface area contributed by atoms with Gasteiger partial charge in [0.25, 0.3) is 6.29 Å². The standard InChI is InChI=1S/C11H10F2O4/c1-6(14)16-11(17-7(2)15)9-4-3-8(12)5-10(9)13/h3-5,11H,1-2H3. The molecule has 0 spiro atoms. The van der Waals surface area contributed by atoms with E-state index in [-0.39, 0.29) is 5.56 Å². The Bertz CT molecular complexity index is 429. The number of esters is 2. The first-order valence-corrected chi connectivity index (χ1v) is 4.69. The quantitative estimate of drug-likeness (QED) is 0.603. The van der Waals surface area contributed by atoms with Crippen molar-refractivity contribution in [3.8, 4) is 0 Å². The molecule has 1 aromatic rings. The third-order valence-electron chi connectivity index (χ3n) is 1.76. The molecule has 0 aromatic heterocycles. The largest absolute Gasteiger partial charge is 0.421 e. The number of halogens is 2. The van der Waals surface area contributed by atoms with Crippen LogP contribution in [0.5, 0.6) is 0 Å². The maximum Gasteiger partial charge on any atom is 0.305 e. The summed E-state index contributed by atoms with van der Waals surface area (Å²) in [5.74, 6) is -3.24. The van der Waals surface area contributed by atoms with Gasteiger partial charge in [-0.25, -0.2) is 8.78 Å². The van der Waals surface area contributed by atoms with Gasteiger partial charge in [-0.15, -0.1) is 0 Å². The lowest BCUT2D eigenvalue weighted by Gasteiger charge is -2.17. The van der Waals surface area contributed by atoms with E-state index >= 15 is 0 Å². The van der Waals surface area contributed by atoms with Crippen molar-refractivity contribution in [1.82, 2.24) is 0 Å². The van der Waals surface area contributed by atoms with Crippen molar-refractivity contribution in [2.24, 2.45) is 0 Å². The molecule has 0 heterocycles. The van der Waals surface area contributed by atoms with E-state index < -0.39 is 29.9 Å². The highest BCUT2D eigenvalue weighted by Gasteiger charge is 2.22. The van der Waals surface area contributed by atoms with Crippen LogP contribution in [-0.4, -0.2) is 11.9 Å². The van der Waals surface area contributed by atoms with E-state index in [2.05, 4.69) is 9.47 Å². The van der Waals surface area contributed by atoms with E-state index in [1.165, 1.54) is 0 Å². The van der Waals surface area contributed by atoms with Crippen LogP contribution in [0.25, 0.3) is 0 Å². The van der Waals surface area contributed by atoms with Gasteiger partial charge in [0.2, 0.25) is 0 Å². The molecule has 0 N–H and O–H groups in total. The van der Waals surface area contributed by atoms with Gasteiger partial charge in [-0.2, -0.15) is 0 Å². The molecular weight excluding hydrogens is 234 g/mol. The van der Waals surface area contributed by atoms with Crippen molar-refractivity contribution in [2.45, 2.75) is 20.1 Å². The van der Waals surface area contributed by atoms with E-state index in [1.807, 2.05) is 0 Å². The third kappa shape index (κ3) is 3.82. The van der Waals surface area contributed by atoms with E-state index in [0.717, 1.165) is 26.0 Å². The maximum absolute atomic E-state index is 13.4. The van der Waals surface area contributed by atoms with Gasteiger partial charge in [-0.3, -0.25) is 9.59 Å². The normalized spacial score (nSPS) is 10.2. The smallest absolute Gasteiger partial charge is 0.305 e. The molecule has 0 aliphatic carbocycles. The molecule has 1 rings (SSSR count). The van der Waals surface area contributed by atoms with Crippen LogP contribution in [0, 0.1) is 11.6 Å². The molecule has 17 heavy (non-hydrogen) atoms. The number of hydrogen-bond donors (Lipinski definition) is 0. The molecule has 1 aromatic carbocycles. The second-order valence-corrected chi connectivity index (χ2v) is 3.22. The fourth-order valence-corrected chi connectivity index (χ4v) is 1.15. The number of carbonyl (C=O) groups is 2. The molecule has 0 unspecified atom stereocenters. The van der Waals surface area contributed by atoms with Crippen molar-refractivity contribution in [3.05, 3.63) is 35.4 Å². The monoisotopic (exact) mass is 244 g/mol. The number of hydrogen-bond acceptors (Lipinski definition) is 4. The molecule has 6 heteroatoms. The molecule has 0 saturated heterocycles. The fraction of sp³-hybridized carbons (Fsp3) is 0.273. The first kappa shape index (κ1) is 13.1. The number of ether oxygens (including phenoxy) is 2. The Morgan fingerprint density at radius 3 is 2.06 bits per heavy atom. The minimum Gasteiger partial charge on any atom is -0.421 e. The van der Waals surface area contributed by atoms with Gasteiger partial charge in [0.15, 0.2) is 0 Å². The zero-order valence-corrected chi connectivity index (χ0v) is 9.20. The minimum atomic E-state index is -1.51. The highest BCUT2D eigenvalue weighted by atomic mass is 19.1. The molecule has 0 amide bonds. The second-order valence-electron chi connectivity index (χ2n) is 3.22. The second kappa shape index (κ2) is 5.38. The van der Waals surface area contributed by atoms with Crippen LogP contribution in [0.3, 0.4) is 0 Å². The van der Waals surface area contributed by atoms with Crippen molar-refractivity contribution < 1.29 is 27.8 Å². The lowest BCUT2D eigenvalue weighted by molar-refractivity contribution is -0.187. The molecule has 0 saturated carbocycles. The molecule has 0 fully saturated rings. The average Bonchev–Trinajstić information content (AvgIpc) is 2.14. The highest BCUT2D eigenvalue weighted by Crippen LogP contribution is 2.23. The van der Waals surface area contributed by atoms with Crippen LogP contribution >= 0.6 is 0 Å². The summed E-state index contributed by atoms with van der Waals surface area (Å²) >= 11 is 0. The van der Waals surface area contributed by atoms with Crippen molar-refractivity contribution in [2.75, 3.05) is 0 Å². The summed E-state index contributed by atoms with van der Waals surface area (Å²) < 4.78 is 35.3. The molecule has 0 aliphatic heterocycles. The van der Waals surface area contributed by atoms with Gasteiger partial charge >= 0.3 is 11.9 Å². The van der Waals surface area contributed by atoms with Gasteiger partial charge < -0.3 is 9.47 Å². The summed E-state index contributed by atoms with van der Waals surface area (Å²) in [6.45, 7) is 2.16. The average molecular weight is 244 g/mol. The summed E-state index contributed by atoms with van der Waals surface area (Å²) in [5.41, 5.74) is -0.225. The Kier molecular flexibility index (Phi) is 4.14. The third-order valence-corrected chi connectivity index (χ3v) is 1.76. The van der Waals surface area contributed by atoms with Crippen LogP contribution in [0.15, 0.2) is 18.2 Å². The summed E-state index contributed by atoms with van der Waals surface area (Å²) in [5, 5.41) is 0. The number of carbonyl (C=O) groups excluding carboxylic acids is 2. The Morgan fingerprint density at radius 1 is 1.12 bits per heavy atom. The van der Waals surface area contributed by atoms with E-state index in [0.29, 0.717) is 6.07 Å². The summed E-state index contributed by atoms with van der Waals surface area (Å²) in [6, 6.07) is 2.62. The maximum atomic E-state index is 13.4. The topological polar surface area (TPSA) is 52.6 Å². The van der Waals surface area contributed by atoms with Gasteiger partial charge in [0.05, 0.1) is 5.56 Å². The Hall–Kier alpha value is -1.98. The van der Waals surface area contributed by atoms with Gasteiger partial charge in [-0.05, 0) is 12.1 Å². The number of rotatable bonds is 3. The summed E-state index contributed by atoms with van der Waals surface area (Å²) in [4.78, 5) is 21.6. The van der Waals surface area contributed by atoms with Gasteiger partial charge in [0, 0.05) is 19.9 Å². The predicted octanol–water partition coefficient (Wildman–Crippen LogP) is 2.09. The minimum absolute atomic E-state index is 0.225. The van der Waals surface area contributed by atoms with E-state index in [9.17, 15) is 18.4 Å². The molecule has 4 nitrogen and oxygen atoms in total. The van der Waals surface area contributed by atoms with Gasteiger partial charge in [-0.1, -0.05) is 0 Å². The molecule has 92 valence electrons. The zero-order valence-electron chi connectivity index (χ0n) is 9.20. The van der Waals surface area contributed by atoms with Crippen LogP contribution < -0.4 is 0 Å². The Morgan fingerprint density at radius 2 is 1.65 bits per heavy atom. The van der Waals surface area contributed by atoms with Crippen molar-refractivity contribution in [3.63, 3.8) is 0 Å². The lowest BCUT2D eigenvalue weighted by Crippen LogP contribution is -2.16. The summed E-state index contributed by atoms with van der Waals surface area (Å²) in [6.07, 6.45) is -1.51. The van der Waals surface area contributed by atoms with Crippen LogP contribution in [0.4, 0.5) is 8.78 Å². The van der Waals surface area contributed by atoms with Crippen molar-refractivity contribution >= 4 is 11.9 Å². The van der Waals surface area contributed by atoms with Crippen LogP contribution in [0.1, 0.15) is 25.7 Å². The number of benzene rings is 1. The van der Waals surface area contributed by atoms with E-state index in [4.69, 9.17) is 0 Å². The Labute approximate surface area is 96.1 Å². The molecule has 0 radical (unpaired) electrons. The summed E-state index contributed by atoms with van der Waals surface area (Å²) in [7, 11) is 0. The van der Waals surface area contributed by atoms with Crippen LogP contribution in [-0.2, 0) is 19.1 Å². The molecule has 0 bridgehead atoms. The lowest BCUT2D eigenvalue weighted by atomic mass is 10.2. The zero-order chi connectivity index (χ0) is 13.0. The molecule has 0 aliphatic rings. The fourth-order valence-electron chi connectivity index (χ4n) is 1.15. The predicted molar refractivity (Wildman–Crippen MR) is 52.6 cm³/mol. The Balaban J connectivity index is 3.02. The van der Waals surface area contributed by atoms with Crippen LogP contribution in [0.2, 0.25) is 0 Å². The first-order chi connectivity index (χ1) is 7.90. The van der Waals surface area contributed by atoms with E-state index in [1.54, 1.807) is 0 Å². The molecular formula is C11H10F2O4. The van der Waals surface area contributed by atoms with Gasteiger partial charge in [0.1, 0.15) is 11.6 Å². The first-order valence-electron chi connectivity index (χ1n) is 4.69. The van der Waals surface area contributed by atoms with Crippen molar-refractivity contribution in [1.29, 1.82) is 0 Å².